The zero-order valence-corrected chi connectivity index (χ0v) is 11.5. The Morgan fingerprint density at radius 3 is 2.78 bits per heavy atom. The molecule has 0 unspecified atom stereocenters. The molecule has 2 rings (SSSR count). The summed E-state index contributed by atoms with van der Waals surface area (Å²) in [5.41, 5.74) is 7.23. The highest BCUT2D eigenvalue weighted by molar-refractivity contribution is 7.80. The van der Waals surface area contributed by atoms with Crippen LogP contribution in [0, 0.1) is 5.92 Å². The molecule has 0 spiro atoms. The molecule has 0 aromatic carbocycles. The van der Waals surface area contributed by atoms with Gasteiger partial charge in [-0.1, -0.05) is 37.9 Å². The van der Waals surface area contributed by atoms with Crippen LogP contribution in [0.3, 0.4) is 0 Å². The Morgan fingerprint density at radius 1 is 1.39 bits per heavy atom. The molecule has 98 valence electrons. The Labute approximate surface area is 114 Å². The van der Waals surface area contributed by atoms with Crippen molar-refractivity contribution in [1.82, 2.24) is 4.98 Å². The van der Waals surface area contributed by atoms with E-state index in [0.717, 1.165) is 18.2 Å². The number of hydrogen-bond acceptors (Lipinski definition) is 3. The van der Waals surface area contributed by atoms with Crippen LogP contribution in [0.2, 0.25) is 0 Å². The molecule has 0 radical (unpaired) electrons. The summed E-state index contributed by atoms with van der Waals surface area (Å²) in [7, 11) is 0. The first-order chi connectivity index (χ1) is 8.75. The van der Waals surface area contributed by atoms with Gasteiger partial charge in [0.15, 0.2) is 0 Å². The molecule has 1 aromatic heterocycles. The molecule has 1 fully saturated rings. The average molecular weight is 263 g/mol. The predicted molar refractivity (Wildman–Crippen MR) is 79.8 cm³/mol. The molecule has 1 heterocycles. The van der Waals surface area contributed by atoms with Crippen LogP contribution < -0.4 is 11.1 Å². The fraction of sp³-hybridized carbons (Fsp3) is 0.571. The Morgan fingerprint density at radius 2 is 2.17 bits per heavy atom. The highest BCUT2D eigenvalue weighted by Gasteiger charge is 2.13. The van der Waals surface area contributed by atoms with Crippen LogP contribution in [0.1, 0.15) is 44.2 Å². The maximum absolute atomic E-state index is 5.50. The van der Waals surface area contributed by atoms with Gasteiger partial charge >= 0.3 is 0 Å². The fourth-order valence-electron chi connectivity index (χ4n) is 2.57. The van der Waals surface area contributed by atoms with E-state index >= 15 is 0 Å². The molecule has 0 amide bonds. The third kappa shape index (κ3) is 3.95. The van der Waals surface area contributed by atoms with Gasteiger partial charge in [-0.3, -0.25) is 4.98 Å². The molecule has 0 atom stereocenters. The fourth-order valence-corrected chi connectivity index (χ4v) is 2.69. The summed E-state index contributed by atoms with van der Waals surface area (Å²) in [6.07, 6.45) is 10.1. The number of thiocarbonyl (C=S) groups is 1. The van der Waals surface area contributed by atoms with Gasteiger partial charge in [0, 0.05) is 6.54 Å². The van der Waals surface area contributed by atoms with Gasteiger partial charge in [-0.05, 0) is 30.9 Å². The molecule has 1 aliphatic rings. The van der Waals surface area contributed by atoms with E-state index in [4.69, 9.17) is 18.0 Å². The van der Waals surface area contributed by atoms with Gasteiger partial charge in [0.1, 0.15) is 4.99 Å². The van der Waals surface area contributed by atoms with E-state index < -0.39 is 0 Å². The maximum Gasteiger partial charge on any atom is 0.122 e. The molecular formula is C14H21N3S. The van der Waals surface area contributed by atoms with Crippen LogP contribution in [0.25, 0.3) is 0 Å². The Kier molecular flexibility index (Phi) is 4.93. The molecule has 18 heavy (non-hydrogen) atoms. The average Bonchev–Trinajstić information content (AvgIpc) is 2.88. The Hall–Kier alpha value is -1.16. The molecule has 3 N–H and O–H groups in total. The van der Waals surface area contributed by atoms with Gasteiger partial charge < -0.3 is 11.1 Å². The number of aromatic nitrogens is 1. The van der Waals surface area contributed by atoms with Crippen LogP contribution in [0.4, 0.5) is 5.69 Å². The lowest BCUT2D eigenvalue weighted by Gasteiger charge is -2.10. The molecule has 0 aliphatic heterocycles. The minimum absolute atomic E-state index is 0.350. The maximum atomic E-state index is 5.50. The highest BCUT2D eigenvalue weighted by Crippen LogP contribution is 2.28. The third-order valence-electron chi connectivity index (χ3n) is 3.61. The third-order valence-corrected chi connectivity index (χ3v) is 3.82. The second kappa shape index (κ2) is 6.69. The standard InChI is InChI=1S/C14H21N3S/c15-14(18)13-8-7-12(10-17-13)16-9-3-6-11-4-1-2-5-11/h7-8,10-11,16H,1-6,9H2,(H2,15,18). The minimum atomic E-state index is 0.350. The lowest BCUT2D eigenvalue weighted by Crippen LogP contribution is -2.11. The van der Waals surface area contributed by atoms with Crippen molar-refractivity contribution in [3.05, 3.63) is 24.0 Å². The number of anilines is 1. The first-order valence-corrected chi connectivity index (χ1v) is 7.16. The van der Waals surface area contributed by atoms with Gasteiger partial charge in [-0.25, -0.2) is 0 Å². The normalized spacial score (nSPS) is 15.8. The molecule has 1 aliphatic carbocycles. The van der Waals surface area contributed by atoms with E-state index in [1.54, 1.807) is 6.20 Å². The van der Waals surface area contributed by atoms with Crippen molar-refractivity contribution >= 4 is 22.9 Å². The number of nitrogens with one attached hydrogen (secondary N) is 1. The Balaban J connectivity index is 1.68. The van der Waals surface area contributed by atoms with E-state index in [9.17, 15) is 0 Å². The van der Waals surface area contributed by atoms with E-state index in [-0.39, 0.29) is 0 Å². The molecule has 4 heteroatoms. The summed E-state index contributed by atoms with van der Waals surface area (Å²) in [5, 5.41) is 3.39. The monoisotopic (exact) mass is 263 g/mol. The van der Waals surface area contributed by atoms with E-state index in [1.165, 1.54) is 38.5 Å². The summed E-state index contributed by atoms with van der Waals surface area (Å²) < 4.78 is 0. The van der Waals surface area contributed by atoms with Gasteiger partial charge in [-0.2, -0.15) is 0 Å². The van der Waals surface area contributed by atoms with Crippen molar-refractivity contribution in [3.63, 3.8) is 0 Å². The van der Waals surface area contributed by atoms with Gasteiger partial charge in [0.25, 0.3) is 0 Å². The van der Waals surface area contributed by atoms with Crippen molar-refractivity contribution in [2.45, 2.75) is 38.5 Å². The summed E-state index contributed by atoms with van der Waals surface area (Å²) in [5.74, 6) is 0.974. The van der Waals surface area contributed by atoms with Crippen molar-refractivity contribution in [1.29, 1.82) is 0 Å². The Bertz CT molecular complexity index is 383. The topological polar surface area (TPSA) is 50.9 Å². The van der Waals surface area contributed by atoms with Crippen LogP contribution in [0.5, 0.6) is 0 Å². The van der Waals surface area contributed by atoms with E-state index in [2.05, 4.69) is 10.3 Å². The van der Waals surface area contributed by atoms with Crippen molar-refractivity contribution in [2.24, 2.45) is 11.7 Å². The molecular weight excluding hydrogens is 242 g/mol. The van der Waals surface area contributed by atoms with Crippen LogP contribution in [0.15, 0.2) is 18.3 Å². The highest BCUT2D eigenvalue weighted by atomic mass is 32.1. The van der Waals surface area contributed by atoms with Crippen LogP contribution >= 0.6 is 12.2 Å². The number of nitrogens with zero attached hydrogens (tertiary/aromatic N) is 1. The van der Waals surface area contributed by atoms with Crippen molar-refractivity contribution < 1.29 is 0 Å². The predicted octanol–water partition coefficient (Wildman–Crippen LogP) is 3.10. The molecule has 3 nitrogen and oxygen atoms in total. The summed E-state index contributed by atoms with van der Waals surface area (Å²) in [6, 6.07) is 3.85. The molecule has 1 saturated carbocycles. The molecule has 0 saturated heterocycles. The number of pyridine rings is 1. The summed E-state index contributed by atoms with van der Waals surface area (Å²) in [6.45, 7) is 1.02. The zero-order valence-electron chi connectivity index (χ0n) is 10.7. The quantitative estimate of drug-likeness (QED) is 0.611. The first kappa shape index (κ1) is 13.3. The molecule has 1 aromatic rings. The summed E-state index contributed by atoms with van der Waals surface area (Å²) >= 11 is 4.87. The number of hydrogen-bond donors (Lipinski definition) is 2. The second-order valence-corrected chi connectivity index (χ2v) is 5.46. The van der Waals surface area contributed by atoms with Gasteiger partial charge in [0.05, 0.1) is 17.6 Å². The first-order valence-electron chi connectivity index (χ1n) is 6.75. The van der Waals surface area contributed by atoms with Gasteiger partial charge in [0.2, 0.25) is 0 Å². The lowest BCUT2D eigenvalue weighted by atomic mass is 10.0. The number of nitrogens with two attached hydrogens (primary N) is 1. The summed E-state index contributed by atoms with van der Waals surface area (Å²) in [4.78, 5) is 4.56. The number of rotatable bonds is 6. The SMILES string of the molecule is NC(=S)c1ccc(NCCCC2CCCC2)cn1. The van der Waals surface area contributed by atoms with E-state index in [0.29, 0.717) is 10.7 Å². The lowest BCUT2D eigenvalue weighted by molar-refractivity contribution is 0.491. The van der Waals surface area contributed by atoms with Crippen LogP contribution in [-0.2, 0) is 0 Å². The smallest absolute Gasteiger partial charge is 0.122 e. The van der Waals surface area contributed by atoms with Gasteiger partial charge in [-0.15, -0.1) is 0 Å². The zero-order chi connectivity index (χ0) is 12.8. The van der Waals surface area contributed by atoms with E-state index in [1.807, 2.05) is 12.1 Å². The van der Waals surface area contributed by atoms with Crippen molar-refractivity contribution in [2.75, 3.05) is 11.9 Å². The van der Waals surface area contributed by atoms with Crippen LogP contribution in [-0.4, -0.2) is 16.5 Å². The van der Waals surface area contributed by atoms with Crippen molar-refractivity contribution in [3.8, 4) is 0 Å². The molecule has 0 bridgehead atoms. The minimum Gasteiger partial charge on any atom is -0.388 e. The largest absolute Gasteiger partial charge is 0.388 e. The second-order valence-electron chi connectivity index (χ2n) is 5.02.